The summed E-state index contributed by atoms with van der Waals surface area (Å²) in [5.41, 5.74) is 3.72. The van der Waals surface area contributed by atoms with Crippen LogP contribution in [0, 0.1) is 16.0 Å². The standard InChI is InChI=1S/C10H14N4O2/c11-13-9-3-8(12-6-7-1-2-7)4-10(5-9)14(15)16/h3-5,7,12-13H,1-2,6,11H2. The van der Waals surface area contributed by atoms with E-state index in [1.807, 2.05) is 0 Å². The van der Waals surface area contributed by atoms with E-state index in [4.69, 9.17) is 5.84 Å². The number of nitrogens with two attached hydrogens (primary N) is 1. The van der Waals surface area contributed by atoms with Crippen molar-refractivity contribution in [3.63, 3.8) is 0 Å². The van der Waals surface area contributed by atoms with Gasteiger partial charge < -0.3 is 10.7 Å². The molecule has 6 heteroatoms. The number of nitrogen functional groups attached to an aromatic ring is 1. The molecule has 0 bridgehead atoms. The lowest BCUT2D eigenvalue weighted by molar-refractivity contribution is -0.384. The number of anilines is 2. The molecule has 0 heterocycles. The number of hydrogen-bond acceptors (Lipinski definition) is 5. The molecule has 0 unspecified atom stereocenters. The summed E-state index contributed by atoms with van der Waals surface area (Å²) in [6.07, 6.45) is 2.48. The second kappa shape index (κ2) is 4.36. The molecule has 4 N–H and O–H groups in total. The predicted octanol–water partition coefficient (Wildman–Crippen LogP) is 1.70. The maximum Gasteiger partial charge on any atom is 0.273 e. The van der Waals surface area contributed by atoms with Gasteiger partial charge in [-0.25, -0.2) is 0 Å². The highest BCUT2D eigenvalue weighted by Gasteiger charge is 2.21. The van der Waals surface area contributed by atoms with Crippen LogP contribution in [-0.2, 0) is 0 Å². The molecule has 1 aliphatic rings. The van der Waals surface area contributed by atoms with Crippen molar-refractivity contribution in [3.8, 4) is 0 Å². The largest absolute Gasteiger partial charge is 0.385 e. The van der Waals surface area contributed by atoms with E-state index >= 15 is 0 Å². The van der Waals surface area contributed by atoms with Crippen LogP contribution in [-0.4, -0.2) is 11.5 Å². The molecule has 0 saturated heterocycles. The Morgan fingerprint density at radius 1 is 1.38 bits per heavy atom. The second-order valence-corrected chi connectivity index (χ2v) is 3.99. The first-order valence-electron chi connectivity index (χ1n) is 5.19. The lowest BCUT2D eigenvalue weighted by atomic mass is 10.2. The molecule has 16 heavy (non-hydrogen) atoms. The van der Waals surface area contributed by atoms with Crippen LogP contribution >= 0.6 is 0 Å². The Hall–Kier alpha value is -1.82. The first-order valence-corrected chi connectivity index (χ1v) is 5.19. The minimum atomic E-state index is -0.427. The number of rotatable bonds is 5. The van der Waals surface area contributed by atoms with Gasteiger partial charge in [-0.15, -0.1) is 0 Å². The average molecular weight is 222 g/mol. The van der Waals surface area contributed by atoms with Crippen molar-refractivity contribution in [1.29, 1.82) is 0 Å². The van der Waals surface area contributed by atoms with E-state index in [2.05, 4.69) is 10.7 Å². The van der Waals surface area contributed by atoms with E-state index < -0.39 is 4.92 Å². The van der Waals surface area contributed by atoms with E-state index in [0.29, 0.717) is 11.6 Å². The molecule has 0 aliphatic heterocycles. The molecule has 1 aromatic rings. The van der Waals surface area contributed by atoms with Gasteiger partial charge in [0.05, 0.1) is 10.6 Å². The average Bonchev–Trinajstić information content (AvgIpc) is 3.09. The van der Waals surface area contributed by atoms with Gasteiger partial charge in [-0.05, 0) is 24.8 Å². The van der Waals surface area contributed by atoms with Crippen LogP contribution in [0.2, 0.25) is 0 Å². The fourth-order valence-electron chi connectivity index (χ4n) is 1.49. The molecule has 86 valence electrons. The lowest BCUT2D eigenvalue weighted by Crippen LogP contribution is -2.09. The molecular formula is C10H14N4O2. The Labute approximate surface area is 92.9 Å². The number of nitro benzene ring substituents is 1. The van der Waals surface area contributed by atoms with Gasteiger partial charge in [-0.3, -0.25) is 16.0 Å². The molecule has 1 aromatic carbocycles. The lowest BCUT2D eigenvalue weighted by Gasteiger charge is -2.07. The first-order chi connectivity index (χ1) is 7.69. The third-order valence-corrected chi connectivity index (χ3v) is 2.59. The van der Waals surface area contributed by atoms with E-state index in [1.165, 1.54) is 25.0 Å². The normalized spacial score (nSPS) is 14.6. The topological polar surface area (TPSA) is 93.2 Å². The molecule has 0 amide bonds. The molecule has 2 rings (SSSR count). The van der Waals surface area contributed by atoms with Crippen molar-refractivity contribution >= 4 is 17.1 Å². The van der Waals surface area contributed by atoms with Crippen molar-refractivity contribution in [1.82, 2.24) is 0 Å². The number of non-ortho nitro benzene ring substituents is 1. The number of nitrogens with zero attached hydrogens (tertiary/aromatic N) is 1. The van der Waals surface area contributed by atoms with E-state index in [9.17, 15) is 10.1 Å². The van der Waals surface area contributed by atoms with Crippen molar-refractivity contribution in [2.45, 2.75) is 12.8 Å². The third-order valence-electron chi connectivity index (χ3n) is 2.59. The molecule has 1 saturated carbocycles. The molecule has 0 radical (unpaired) electrons. The summed E-state index contributed by atoms with van der Waals surface area (Å²) in [7, 11) is 0. The van der Waals surface area contributed by atoms with Gasteiger partial charge in [0.2, 0.25) is 0 Å². The summed E-state index contributed by atoms with van der Waals surface area (Å²) < 4.78 is 0. The number of nitrogens with one attached hydrogen (secondary N) is 2. The summed E-state index contributed by atoms with van der Waals surface area (Å²) in [6.45, 7) is 0.866. The minimum Gasteiger partial charge on any atom is -0.385 e. The highest BCUT2D eigenvalue weighted by molar-refractivity contribution is 5.63. The number of benzene rings is 1. The zero-order valence-electron chi connectivity index (χ0n) is 8.77. The Morgan fingerprint density at radius 3 is 2.62 bits per heavy atom. The van der Waals surface area contributed by atoms with Crippen molar-refractivity contribution < 1.29 is 4.92 Å². The van der Waals surface area contributed by atoms with Crippen molar-refractivity contribution in [3.05, 3.63) is 28.3 Å². The maximum absolute atomic E-state index is 10.7. The zero-order chi connectivity index (χ0) is 11.5. The maximum atomic E-state index is 10.7. The van der Waals surface area contributed by atoms with E-state index in [1.54, 1.807) is 6.07 Å². The van der Waals surface area contributed by atoms with Crippen LogP contribution < -0.4 is 16.6 Å². The molecular weight excluding hydrogens is 208 g/mol. The van der Waals surface area contributed by atoms with Gasteiger partial charge in [0.25, 0.3) is 5.69 Å². The van der Waals surface area contributed by atoms with Crippen LogP contribution in [0.5, 0.6) is 0 Å². The van der Waals surface area contributed by atoms with Crippen molar-refractivity contribution in [2.24, 2.45) is 11.8 Å². The minimum absolute atomic E-state index is 0.0359. The fourth-order valence-corrected chi connectivity index (χ4v) is 1.49. The zero-order valence-corrected chi connectivity index (χ0v) is 8.77. The van der Waals surface area contributed by atoms with Gasteiger partial charge in [0.1, 0.15) is 0 Å². The number of hydrazine groups is 1. The summed E-state index contributed by atoms with van der Waals surface area (Å²) in [6, 6.07) is 4.68. The van der Waals surface area contributed by atoms with Gasteiger partial charge in [-0.1, -0.05) is 0 Å². The van der Waals surface area contributed by atoms with Crippen LogP contribution in [0.3, 0.4) is 0 Å². The first kappa shape index (κ1) is 10.7. The molecule has 1 fully saturated rings. The highest BCUT2D eigenvalue weighted by Crippen LogP contribution is 2.30. The molecule has 0 atom stereocenters. The molecule has 1 aliphatic carbocycles. The molecule has 0 spiro atoms. The number of nitro groups is 1. The smallest absolute Gasteiger partial charge is 0.273 e. The van der Waals surface area contributed by atoms with E-state index in [0.717, 1.165) is 12.2 Å². The van der Waals surface area contributed by atoms with Crippen LogP contribution in [0.25, 0.3) is 0 Å². The quantitative estimate of drug-likeness (QED) is 0.400. The van der Waals surface area contributed by atoms with Crippen LogP contribution in [0.15, 0.2) is 18.2 Å². The predicted molar refractivity (Wildman–Crippen MR) is 62.1 cm³/mol. The Bertz CT molecular complexity index is 404. The van der Waals surface area contributed by atoms with Gasteiger partial charge >= 0.3 is 0 Å². The second-order valence-electron chi connectivity index (χ2n) is 3.99. The summed E-state index contributed by atoms with van der Waals surface area (Å²) >= 11 is 0. The highest BCUT2D eigenvalue weighted by atomic mass is 16.6. The van der Waals surface area contributed by atoms with Gasteiger partial charge in [-0.2, -0.15) is 0 Å². The van der Waals surface area contributed by atoms with Crippen molar-refractivity contribution in [2.75, 3.05) is 17.3 Å². The number of hydrogen-bond donors (Lipinski definition) is 3. The third kappa shape index (κ3) is 2.60. The monoisotopic (exact) mass is 222 g/mol. The Kier molecular flexibility index (Phi) is 2.91. The van der Waals surface area contributed by atoms with E-state index in [-0.39, 0.29) is 5.69 Å². The van der Waals surface area contributed by atoms with Gasteiger partial charge in [0.15, 0.2) is 0 Å². The Balaban J connectivity index is 2.14. The van der Waals surface area contributed by atoms with Gasteiger partial charge in [0, 0.05) is 24.4 Å². The SMILES string of the molecule is NNc1cc(NCC2CC2)cc([N+](=O)[O-])c1. The summed E-state index contributed by atoms with van der Waals surface area (Å²) in [5.74, 6) is 5.97. The fraction of sp³-hybridized carbons (Fsp3) is 0.400. The van der Waals surface area contributed by atoms with Crippen LogP contribution in [0.1, 0.15) is 12.8 Å². The molecule has 0 aromatic heterocycles. The van der Waals surface area contributed by atoms with Crippen LogP contribution in [0.4, 0.5) is 17.1 Å². The summed E-state index contributed by atoms with van der Waals surface area (Å²) in [5, 5.41) is 13.9. The Morgan fingerprint density at radius 2 is 2.06 bits per heavy atom. The summed E-state index contributed by atoms with van der Waals surface area (Å²) in [4.78, 5) is 10.3. The molecule has 6 nitrogen and oxygen atoms in total.